The van der Waals surface area contributed by atoms with E-state index in [1.165, 1.54) is 12.2 Å². The van der Waals surface area contributed by atoms with Crippen LogP contribution in [-0.2, 0) is 43.4 Å². The van der Waals surface area contributed by atoms with Gasteiger partial charge in [0.15, 0.2) is 0 Å². The molecule has 1 aliphatic heterocycles. The molecule has 4 rings (SSSR count). The minimum atomic E-state index is -1.06. The Labute approximate surface area is 297 Å². The number of para-hydroxylation sites is 1. The van der Waals surface area contributed by atoms with E-state index in [2.05, 4.69) is 16.0 Å². The Bertz CT molecular complexity index is 1670. The van der Waals surface area contributed by atoms with E-state index in [-0.39, 0.29) is 37.7 Å². The van der Waals surface area contributed by atoms with Crippen molar-refractivity contribution in [2.45, 2.75) is 70.7 Å². The summed E-state index contributed by atoms with van der Waals surface area (Å²) in [4.78, 5) is 66.8. The highest BCUT2D eigenvalue weighted by molar-refractivity contribution is 6.34. The first kappa shape index (κ1) is 37.7. The van der Waals surface area contributed by atoms with Crippen molar-refractivity contribution < 1.29 is 28.7 Å². The average Bonchev–Trinajstić information content (AvgIpc) is 3.54. The lowest BCUT2D eigenvalue weighted by Crippen LogP contribution is -2.55. The third-order valence-corrected chi connectivity index (χ3v) is 8.46. The van der Waals surface area contributed by atoms with Crippen LogP contribution >= 0.6 is 11.6 Å². The molecule has 0 aliphatic carbocycles. The van der Waals surface area contributed by atoms with Gasteiger partial charge in [0.1, 0.15) is 18.7 Å². The molecule has 3 atom stereocenters. The number of ether oxygens (including phenoxy) is 1. The van der Waals surface area contributed by atoms with E-state index in [4.69, 9.17) is 22.1 Å². The van der Waals surface area contributed by atoms with Gasteiger partial charge in [0.25, 0.3) is 5.91 Å². The standard InChI is InChI=1S/C38H44ClN5O6/c1-25(2)22-31(43-38(49)50-24-27-12-7-4-8-13-27)37(48)42-32(23-26-10-5-3-6-11-26)36(47)41-29(16-18-33(40)45)17-19-34(46)44-21-20-28-14-9-15-30(39)35(28)44/h3-15,17,19,25,29,31-32H,16,18,20-24H2,1-2H3,(H2,40,45)(H,41,47)(H,42,48)(H,43,49)/b19-17+/t29-,31-,32-/m0/s1. The highest BCUT2D eigenvalue weighted by Crippen LogP contribution is 2.35. The van der Waals surface area contributed by atoms with Crippen molar-refractivity contribution in [3.8, 4) is 0 Å². The van der Waals surface area contributed by atoms with E-state index in [9.17, 15) is 24.0 Å². The molecule has 0 saturated carbocycles. The number of primary amides is 1. The Morgan fingerprint density at radius 1 is 0.860 bits per heavy atom. The van der Waals surface area contributed by atoms with E-state index < -0.39 is 41.9 Å². The number of fused-ring (bicyclic) bond motifs is 1. The first-order chi connectivity index (χ1) is 24.0. The molecule has 0 fully saturated rings. The summed E-state index contributed by atoms with van der Waals surface area (Å²) in [5.74, 6) is -1.97. The van der Waals surface area contributed by atoms with Gasteiger partial charge in [-0.2, -0.15) is 0 Å². The number of carbonyl (C=O) groups excluding carboxylic acids is 5. The van der Waals surface area contributed by atoms with Crippen LogP contribution in [0.25, 0.3) is 0 Å². The van der Waals surface area contributed by atoms with Crippen molar-refractivity contribution in [2.24, 2.45) is 11.7 Å². The smallest absolute Gasteiger partial charge is 0.408 e. The largest absolute Gasteiger partial charge is 0.445 e. The van der Waals surface area contributed by atoms with Gasteiger partial charge < -0.3 is 31.3 Å². The topological polar surface area (TPSA) is 160 Å². The van der Waals surface area contributed by atoms with Gasteiger partial charge >= 0.3 is 6.09 Å². The quantitative estimate of drug-likeness (QED) is 0.160. The molecule has 11 nitrogen and oxygen atoms in total. The van der Waals surface area contributed by atoms with Crippen LogP contribution in [0.3, 0.4) is 0 Å². The predicted molar refractivity (Wildman–Crippen MR) is 192 cm³/mol. The van der Waals surface area contributed by atoms with E-state index in [0.29, 0.717) is 30.1 Å². The molecule has 5 N–H and O–H groups in total. The maximum atomic E-state index is 13.9. The van der Waals surface area contributed by atoms with Gasteiger partial charge in [0.05, 0.1) is 10.7 Å². The summed E-state index contributed by atoms with van der Waals surface area (Å²) in [5.41, 5.74) is 8.62. The molecule has 0 radical (unpaired) electrons. The summed E-state index contributed by atoms with van der Waals surface area (Å²) in [6.07, 6.45) is 3.27. The second kappa shape index (κ2) is 18.6. The van der Waals surface area contributed by atoms with Gasteiger partial charge in [-0.1, -0.05) is 104 Å². The van der Waals surface area contributed by atoms with Crippen LogP contribution in [0.5, 0.6) is 0 Å². The second-order valence-electron chi connectivity index (χ2n) is 12.6. The average molecular weight is 702 g/mol. The minimum Gasteiger partial charge on any atom is -0.445 e. The number of carbonyl (C=O) groups is 5. The molecule has 5 amide bonds. The Morgan fingerprint density at radius 2 is 1.52 bits per heavy atom. The molecular formula is C38H44ClN5O6. The fourth-order valence-electron chi connectivity index (χ4n) is 5.66. The summed E-state index contributed by atoms with van der Waals surface area (Å²) in [5, 5.41) is 8.82. The van der Waals surface area contributed by atoms with Gasteiger partial charge in [0, 0.05) is 31.5 Å². The fourth-order valence-corrected chi connectivity index (χ4v) is 5.95. The number of benzene rings is 3. The number of hydrogen-bond donors (Lipinski definition) is 4. The van der Waals surface area contributed by atoms with E-state index in [1.807, 2.05) is 86.6 Å². The third kappa shape index (κ3) is 11.5. The van der Waals surface area contributed by atoms with Crippen molar-refractivity contribution in [1.29, 1.82) is 0 Å². The summed E-state index contributed by atoms with van der Waals surface area (Å²) >= 11 is 6.40. The number of anilines is 1. The Morgan fingerprint density at radius 3 is 2.18 bits per heavy atom. The Hall–Kier alpha value is -5.16. The number of rotatable bonds is 16. The Balaban J connectivity index is 1.49. The van der Waals surface area contributed by atoms with Crippen LogP contribution < -0.4 is 26.6 Å². The lowest BCUT2D eigenvalue weighted by Gasteiger charge is -2.25. The fraction of sp³-hybridized carbons (Fsp3) is 0.342. The van der Waals surface area contributed by atoms with Crippen molar-refractivity contribution >= 4 is 47.0 Å². The van der Waals surface area contributed by atoms with Crippen LogP contribution in [0.2, 0.25) is 5.02 Å². The molecular weight excluding hydrogens is 658 g/mol. The maximum absolute atomic E-state index is 13.9. The molecule has 0 saturated heterocycles. The maximum Gasteiger partial charge on any atom is 0.408 e. The van der Waals surface area contributed by atoms with Crippen molar-refractivity contribution in [1.82, 2.24) is 16.0 Å². The number of hydrogen-bond acceptors (Lipinski definition) is 6. The Kier molecular flexibility index (Phi) is 14.0. The van der Waals surface area contributed by atoms with Crippen LogP contribution in [0.15, 0.2) is 91.0 Å². The van der Waals surface area contributed by atoms with Gasteiger partial charge in [-0.05, 0) is 47.9 Å². The number of nitrogens with two attached hydrogens (primary N) is 1. The van der Waals surface area contributed by atoms with Crippen LogP contribution in [0.4, 0.5) is 10.5 Å². The van der Waals surface area contributed by atoms with Crippen LogP contribution in [0, 0.1) is 5.92 Å². The van der Waals surface area contributed by atoms with Crippen molar-refractivity contribution in [2.75, 3.05) is 11.4 Å². The molecule has 3 aromatic rings. The van der Waals surface area contributed by atoms with Crippen molar-refractivity contribution in [3.63, 3.8) is 0 Å². The summed E-state index contributed by atoms with van der Waals surface area (Å²) < 4.78 is 5.35. The number of nitrogens with zero attached hydrogens (tertiary/aromatic N) is 1. The molecule has 264 valence electrons. The molecule has 3 aromatic carbocycles. The first-order valence-corrected chi connectivity index (χ1v) is 17.0. The molecule has 0 spiro atoms. The normalized spacial score (nSPS) is 14.0. The molecule has 12 heteroatoms. The number of amides is 5. The minimum absolute atomic E-state index is 0.0277. The lowest BCUT2D eigenvalue weighted by molar-refractivity contribution is -0.130. The molecule has 1 heterocycles. The predicted octanol–water partition coefficient (Wildman–Crippen LogP) is 4.60. The molecule has 1 aliphatic rings. The lowest BCUT2D eigenvalue weighted by atomic mass is 10.0. The SMILES string of the molecule is CC(C)C[C@H](NC(=O)OCc1ccccc1)C(=O)N[C@@H](Cc1ccccc1)C(=O)N[C@H](/C=C/C(=O)N1CCc2cccc(Cl)c21)CCC(N)=O. The molecule has 0 aromatic heterocycles. The monoisotopic (exact) mass is 701 g/mol. The number of alkyl carbamates (subject to hydrolysis) is 1. The highest BCUT2D eigenvalue weighted by Gasteiger charge is 2.30. The van der Waals surface area contributed by atoms with Gasteiger partial charge in [-0.15, -0.1) is 0 Å². The van der Waals surface area contributed by atoms with E-state index in [1.54, 1.807) is 11.0 Å². The first-order valence-electron chi connectivity index (χ1n) is 16.7. The zero-order chi connectivity index (χ0) is 36.0. The zero-order valence-electron chi connectivity index (χ0n) is 28.3. The van der Waals surface area contributed by atoms with Crippen LogP contribution in [0.1, 0.15) is 49.8 Å². The van der Waals surface area contributed by atoms with Gasteiger partial charge in [0.2, 0.25) is 17.7 Å². The van der Waals surface area contributed by atoms with E-state index >= 15 is 0 Å². The summed E-state index contributed by atoms with van der Waals surface area (Å²) in [6.45, 7) is 4.31. The number of nitrogens with one attached hydrogen (secondary N) is 3. The van der Waals surface area contributed by atoms with E-state index in [0.717, 1.165) is 16.7 Å². The summed E-state index contributed by atoms with van der Waals surface area (Å²) in [6, 6.07) is 21.0. The van der Waals surface area contributed by atoms with Crippen LogP contribution in [-0.4, -0.2) is 54.4 Å². The highest BCUT2D eigenvalue weighted by atomic mass is 35.5. The third-order valence-electron chi connectivity index (χ3n) is 8.16. The zero-order valence-corrected chi connectivity index (χ0v) is 29.0. The molecule has 0 unspecified atom stereocenters. The number of halogens is 1. The van der Waals surface area contributed by atoms with Crippen molar-refractivity contribution in [3.05, 3.63) is 113 Å². The van der Waals surface area contributed by atoms with Gasteiger partial charge in [-0.25, -0.2) is 4.79 Å². The molecule has 50 heavy (non-hydrogen) atoms. The van der Waals surface area contributed by atoms with Gasteiger partial charge in [-0.3, -0.25) is 19.2 Å². The second-order valence-corrected chi connectivity index (χ2v) is 13.0. The summed E-state index contributed by atoms with van der Waals surface area (Å²) in [7, 11) is 0. The molecule has 0 bridgehead atoms.